The maximum absolute atomic E-state index is 11.8. The predicted molar refractivity (Wildman–Crippen MR) is 226 cm³/mol. The second-order valence-electron chi connectivity index (χ2n) is 17.0. The molecule has 0 fully saturated rings. The molecule has 0 aromatic carbocycles. The van der Waals surface area contributed by atoms with Crippen molar-refractivity contribution in [1.82, 2.24) is 0 Å². The zero-order valence-corrected chi connectivity index (χ0v) is 36.5. The minimum atomic E-state index is -0.234. The van der Waals surface area contributed by atoms with Crippen LogP contribution in [0.1, 0.15) is 234 Å². The van der Waals surface area contributed by atoms with Crippen LogP contribution in [0.2, 0.25) is 0 Å². The third-order valence-corrected chi connectivity index (χ3v) is 10.7. The van der Waals surface area contributed by atoms with Crippen LogP contribution in [0.25, 0.3) is 0 Å². The van der Waals surface area contributed by atoms with E-state index < -0.39 is 0 Å². The summed E-state index contributed by atoms with van der Waals surface area (Å²) in [7, 11) is 0. The summed E-state index contributed by atoms with van der Waals surface area (Å²) in [6.45, 7) is 15.9. The third kappa shape index (κ3) is 40.3. The fraction of sp³-hybridized carbons (Fsp3) is 0.957. The molecule has 0 aliphatic rings. The van der Waals surface area contributed by atoms with E-state index in [-0.39, 0.29) is 18.5 Å². The van der Waals surface area contributed by atoms with Gasteiger partial charge in [-0.15, -0.1) is 0 Å². The Morgan fingerprint density at radius 1 is 0.415 bits per heavy atom. The van der Waals surface area contributed by atoms with Crippen LogP contribution in [0.3, 0.4) is 0 Å². The third-order valence-electron chi connectivity index (χ3n) is 10.7. The number of rotatable bonds is 42. The minimum absolute atomic E-state index is 0.0179. The molecular weight excluding hydrogens is 661 g/mol. The molecule has 0 N–H and O–H groups in total. The van der Waals surface area contributed by atoms with Gasteiger partial charge in [-0.3, -0.25) is 4.79 Å². The van der Waals surface area contributed by atoms with Crippen LogP contribution in [0.15, 0.2) is 0 Å². The standard InChI is InChI=1S/C47H92O6/c1-7-9-11-23-29-44(30-24-19-17-18-22-28-37-50-41-47(49)53-39-35-43(5)6)36-40-51-45(31-25-12-10-8-2)32-26-20-15-13-14-16-21-27-33-46(48)52-38-34-42(3)4/h42-45H,7-41H2,1-6H3. The van der Waals surface area contributed by atoms with Crippen LogP contribution in [-0.4, -0.2) is 51.1 Å². The quantitative estimate of drug-likeness (QED) is 0.0457. The lowest BCUT2D eigenvalue weighted by molar-refractivity contribution is -0.149. The highest BCUT2D eigenvalue weighted by molar-refractivity contribution is 5.70. The van der Waals surface area contributed by atoms with Crippen molar-refractivity contribution in [3.8, 4) is 0 Å². The summed E-state index contributed by atoms with van der Waals surface area (Å²) in [5.41, 5.74) is 0. The van der Waals surface area contributed by atoms with Crippen molar-refractivity contribution in [1.29, 1.82) is 0 Å². The second kappa shape index (κ2) is 40.5. The van der Waals surface area contributed by atoms with E-state index in [0.717, 1.165) is 44.6 Å². The monoisotopic (exact) mass is 753 g/mol. The molecule has 0 aliphatic heterocycles. The SMILES string of the molecule is CCCCCCC(CCCCCCCCOCC(=O)OCCC(C)C)CCOC(CCCCCC)CCCCCCCCCCC(=O)OCCC(C)C. The van der Waals surface area contributed by atoms with Crippen molar-refractivity contribution in [2.45, 2.75) is 240 Å². The van der Waals surface area contributed by atoms with Gasteiger partial charge in [-0.05, 0) is 62.7 Å². The highest BCUT2D eigenvalue weighted by Gasteiger charge is 2.13. The van der Waals surface area contributed by atoms with Gasteiger partial charge in [0.25, 0.3) is 0 Å². The van der Waals surface area contributed by atoms with Gasteiger partial charge in [-0.1, -0.05) is 183 Å². The Morgan fingerprint density at radius 3 is 1.36 bits per heavy atom. The molecule has 2 unspecified atom stereocenters. The van der Waals surface area contributed by atoms with Crippen LogP contribution in [0.4, 0.5) is 0 Å². The van der Waals surface area contributed by atoms with Crippen LogP contribution >= 0.6 is 0 Å². The van der Waals surface area contributed by atoms with Crippen LogP contribution in [0.5, 0.6) is 0 Å². The van der Waals surface area contributed by atoms with Crippen molar-refractivity contribution in [3.05, 3.63) is 0 Å². The average molecular weight is 753 g/mol. The normalized spacial score (nSPS) is 12.8. The number of esters is 2. The molecule has 0 aromatic heterocycles. The Hall–Kier alpha value is -1.14. The van der Waals surface area contributed by atoms with Gasteiger partial charge in [-0.25, -0.2) is 4.79 Å². The molecule has 0 saturated carbocycles. The van der Waals surface area contributed by atoms with Crippen LogP contribution in [-0.2, 0) is 28.5 Å². The zero-order valence-electron chi connectivity index (χ0n) is 36.5. The highest BCUT2D eigenvalue weighted by atomic mass is 16.6. The molecule has 2 atom stereocenters. The topological polar surface area (TPSA) is 71.1 Å². The lowest BCUT2D eigenvalue weighted by Crippen LogP contribution is -2.16. The van der Waals surface area contributed by atoms with Gasteiger partial charge in [0, 0.05) is 19.6 Å². The lowest BCUT2D eigenvalue weighted by atomic mass is 9.92. The summed E-state index contributed by atoms with van der Waals surface area (Å²) in [6.07, 6.45) is 37.2. The van der Waals surface area contributed by atoms with Gasteiger partial charge in [-0.2, -0.15) is 0 Å². The van der Waals surface area contributed by atoms with Crippen molar-refractivity contribution in [2.75, 3.05) is 33.0 Å². The van der Waals surface area contributed by atoms with E-state index in [4.69, 9.17) is 18.9 Å². The first kappa shape index (κ1) is 51.9. The lowest BCUT2D eigenvalue weighted by Gasteiger charge is -2.21. The molecule has 0 spiro atoms. The Morgan fingerprint density at radius 2 is 0.849 bits per heavy atom. The molecule has 53 heavy (non-hydrogen) atoms. The predicted octanol–water partition coefficient (Wildman–Crippen LogP) is 14.1. The van der Waals surface area contributed by atoms with Crippen LogP contribution < -0.4 is 0 Å². The zero-order chi connectivity index (χ0) is 39.0. The summed E-state index contributed by atoms with van der Waals surface area (Å²) >= 11 is 0. The smallest absolute Gasteiger partial charge is 0.332 e. The number of ether oxygens (including phenoxy) is 4. The van der Waals surface area contributed by atoms with Gasteiger partial charge in [0.1, 0.15) is 6.61 Å². The molecule has 0 heterocycles. The first-order valence-corrected chi connectivity index (χ1v) is 23.3. The number of unbranched alkanes of at least 4 members (excludes halogenated alkanes) is 18. The van der Waals surface area contributed by atoms with E-state index in [2.05, 4.69) is 41.5 Å². The summed E-state index contributed by atoms with van der Waals surface area (Å²) in [4.78, 5) is 23.6. The minimum Gasteiger partial charge on any atom is -0.466 e. The summed E-state index contributed by atoms with van der Waals surface area (Å²) in [6, 6.07) is 0. The van der Waals surface area contributed by atoms with E-state index >= 15 is 0 Å². The van der Waals surface area contributed by atoms with Crippen molar-refractivity contribution >= 4 is 11.9 Å². The number of carbonyl (C=O) groups excluding carboxylic acids is 2. The Bertz CT molecular complexity index is 706. The van der Waals surface area contributed by atoms with E-state index in [1.807, 2.05) is 0 Å². The molecule has 6 nitrogen and oxygen atoms in total. The van der Waals surface area contributed by atoms with Gasteiger partial charge < -0.3 is 18.9 Å². The molecule has 0 aromatic rings. The number of carbonyl (C=O) groups is 2. The summed E-state index contributed by atoms with van der Waals surface area (Å²) in [5.74, 6) is 1.68. The number of hydrogen-bond donors (Lipinski definition) is 0. The average Bonchev–Trinajstić information content (AvgIpc) is 3.12. The molecule has 0 radical (unpaired) electrons. The van der Waals surface area contributed by atoms with E-state index in [9.17, 15) is 9.59 Å². The molecule has 6 heteroatoms. The molecule has 0 bridgehead atoms. The highest BCUT2D eigenvalue weighted by Crippen LogP contribution is 2.24. The maximum atomic E-state index is 11.8. The maximum Gasteiger partial charge on any atom is 0.332 e. The molecule has 0 saturated heterocycles. The summed E-state index contributed by atoms with van der Waals surface area (Å²) in [5, 5.41) is 0. The number of hydrogen-bond acceptors (Lipinski definition) is 6. The Balaban J connectivity index is 4.25. The Labute approximate surface area is 330 Å². The van der Waals surface area contributed by atoms with Crippen molar-refractivity contribution in [2.24, 2.45) is 17.8 Å². The molecule has 316 valence electrons. The van der Waals surface area contributed by atoms with Gasteiger partial charge in [0.05, 0.1) is 19.3 Å². The van der Waals surface area contributed by atoms with E-state index in [0.29, 0.717) is 44.2 Å². The first-order valence-electron chi connectivity index (χ1n) is 23.3. The fourth-order valence-corrected chi connectivity index (χ4v) is 6.94. The fourth-order valence-electron chi connectivity index (χ4n) is 6.94. The van der Waals surface area contributed by atoms with Gasteiger partial charge >= 0.3 is 11.9 Å². The second-order valence-corrected chi connectivity index (χ2v) is 17.0. The molecule has 0 aliphatic carbocycles. The summed E-state index contributed by atoms with van der Waals surface area (Å²) < 4.78 is 22.7. The largest absolute Gasteiger partial charge is 0.466 e. The first-order chi connectivity index (χ1) is 25.8. The van der Waals surface area contributed by atoms with E-state index in [1.165, 1.54) is 154 Å². The van der Waals surface area contributed by atoms with Gasteiger partial charge in [0.2, 0.25) is 0 Å². The molecule has 0 rings (SSSR count). The van der Waals surface area contributed by atoms with Crippen LogP contribution in [0, 0.1) is 17.8 Å². The molecular formula is C47H92O6. The molecule has 0 amide bonds. The van der Waals surface area contributed by atoms with Crippen molar-refractivity contribution < 1.29 is 28.5 Å². The van der Waals surface area contributed by atoms with Gasteiger partial charge in [0.15, 0.2) is 0 Å². The Kier molecular flexibility index (Phi) is 39.6. The van der Waals surface area contributed by atoms with E-state index in [1.54, 1.807) is 0 Å². The van der Waals surface area contributed by atoms with Crippen molar-refractivity contribution in [3.63, 3.8) is 0 Å².